The first-order valence-electron chi connectivity index (χ1n) is 12.8. The summed E-state index contributed by atoms with van der Waals surface area (Å²) in [4.78, 5) is 24.6. The molecule has 5 aromatic rings. The minimum atomic E-state index is -0.449. The number of hydrogen-bond donors (Lipinski definition) is 1. The number of carbonyl (C=O) groups is 1. The van der Waals surface area contributed by atoms with Gasteiger partial charge in [0.15, 0.2) is 0 Å². The number of carbonyl (C=O) groups excluding carboxylic acids is 1. The van der Waals surface area contributed by atoms with E-state index in [1.165, 1.54) is 18.2 Å². The summed E-state index contributed by atoms with van der Waals surface area (Å²) in [6, 6.07) is 30.3. The van der Waals surface area contributed by atoms with Crippen LogP contribution in [-0.4, -0.2) is 15.4 Å². The molecule has 39 heavy (non-hydrogen) atoms. The Balaban J connectivity index is 1.57. The van der Waals surface area contributed by atoms with Gasteiger partial charge in [0.25, 0.3) is 5.69 Å². The van der Waals surface area contributed by atoms with Crippen molar-refractivity contribution in [2.24, 2.45) is 0 Å². The van der Waals surface area contributed by atoms with E-state index in [2.05, 4.69) is 5.32 Å². The molecule has 7 heteroatoms. The second-order valence-electron chi connectivity index (χ2n) is 9.66. The first-order valence-corrected chi connectivity index (χ1v) is 12.8. The van der Waals surface area contributed by atoms with Gasteiger partial charge in [0.1, 0.15) is 5.82 Å². The molecule has 5 rings (SSSR count). The van der Waals surface area contributed by atoms with Crippen molar-refractivity contribution >= 4 is 22.5 Å². The van der Waals surface area contributed by atoms with Crippen molar-refractivity contribution in [2.45, 2.75) is 31.8 Å². The Kier molecular flexibility index (Phi) is 7.50. The van der Waals surface area contributed by atoms with E-state index in [-0.39, 0.29) is 29.9 Å². The zero-order valence-corrected chi connectivity index (χ0v) is 21.5. The number of nitrogens with one attached hydrogen (secondary N) is 1. The zero-order chi connectivity index (χ0) is 27.4. The van der Waals surface area contributed by atoms with Crippen LogP contribution in [0.3, 0.4) is 0 Å². The number of fused-ring (bicyclic) bond motifs is 1. The molecular weight excluding hydrogens is 493 g/mol. The number of amides is 1. The summed E-state index contributed by atoms with van der Waals surface area (Å²) >= 11 is 0. The van der Waals surface area contributed by atoms with Crippen molar-refractivity contribution < 1.29 is 14.1 Å². The second kappa shape index (κ2) is 11.3. The lowest BCUT2D eigenvalue weighted by Crippen LogP contribution is -2.28. The van der Waals surface area contributed by atoms with E-state index in [0.29, 0.717) is 11.9 Å². The predicted molar refractivity (Wildman–Crippen MR) is 150 cm³/mol. The lowest BCUT2D eigenvalue weighted by Gasteiger charge is -2.20. The molecule has 1 amide bonds. The van der Waals surface area contributed by atoms with E-state index in [9.17, 15) is 19.3 Å². The van der Waals surface area contributed by atoms with Gasteiger partial charge in [-0.1, -0.05) is 72.8 Å². The van der Waals surface area contributed by atoms with Crippen molar-refractivity contribution in [3.05, 3.63) is 148 Å². The molecule has 196 valence electrons. The third kappa shape index (κ3) is 5.88. The Hall–Kier alpha value is -4.78. The Morgan fingerprint density at radius 3 is 2.26 bits per heavy atom. The summed E-state index contributed by atoms with van der Waals surface area (Å²) in [6.07, 6.45) is 2.05. The molecule has 0 radical (unpaired) electrons. The molecule has 0 saturated carbocycles. The van der Waals surface area contributed by atoms with Crippen LogP contribution in [0.2, 0.25) is 0 Å². The number of benzene rings is 4. The Bertz CT molecular complexity index is 1600. The zero-order valence-electron chi connectivity index (χ0n) is 21.5. The van der Waals surface area contributed by atoms with Crippen LogP contribution in [0.1, 0.15) is 47.6 Å². The van der Waals surface area contributed by atoms with Crippen LogP contribution in [0.4, 0.5) is 10.1 Å². The standard InChI is InChI=1S/C32H28FN3O3/c1-22(24-10-6-3-7-11-24)34-32(37)19-28(25-12-14-26(33)15-13-25)30-21-35(20-23-8-4-2-5-9-23)31-17-16-27(36(38)39)18-29(30)31/h2-18,21-22,28H,19-20H2,1H3,(H,34,37)/t22-,28-/m0/s1. The quantitative estimate of drug-likeness (QED) is 0.165. The van der Waals surface area contributed by atoms with E-state index in [1.807, 2.05) is 78.4 Å². The Labute approximate surface area is 225 Å². The summed E-state index contributed by atoms with van der Waals surface area (Å²) in [5.74, 6) is -0.994. The van der Waals surface area contributed by atoms with Crippen LogP contribution in [0.15, 0.2) is 109 Å². The molecule has 2 atom stereocenters. The third-order valence-electron chi connectivity index (χ3n) is 7.02. The molecule has 0 aliphatic heterocycles. The summed E-state index contributed by atoms with van der Waals surface area (Å²) in [5, 5.41) is 15.4. The van der Waals surface area contributed by atoms with E-state index in [4.69, 9.17) is 0 Å². The molecule has 0 aliphatic rings. The van der Waals surface area contributed by atoms with Crippen LogP contribution in [-0.2, 0) is 11.3 Å². The monoisotopic (exact) mass is 521 g/mol. The average Bonchev–Trinajstić information content (AvgIpc) is 3.30. The van der Waals surface area contributed by atoms with Crippen molar-refractivity contribution in [1.82, 2.24) is 9.88 Å². The smallest absolute Gasteiger partial charge is 0.270 e. The molecule has 1 aromatic heterocycles. The highest BCUT2D eigenvalue weighted by atomic mass is 19.1. The molecule has 0 bridgehead atoms. The van der Waals surface area contributed by atoms with Gasteiger partial charge in [-0.25, -0.2) is 4.39 Å². The van der Waals surface area contributed by atoms with Crippen molar-refractivity contribution in [3.63, 3.8) is 0 Å². The molecule has 1 heterocycles. The minimum absolute atomic E-state index is 0.0266. The number of rotatable bonds is 9. The van der Waals surface area contributed by atoms with Gasteiger partial charge in [-0.2, -0.15) is 0 Å². The van der Waals surface area contributed by atoms with Gasteiger partial charge < -0.3 is 9.88 Å². The number of nitro benzene ring substituents is 1. The van der Waals surface area contributed by atoms with Crippen LogP contribution in [0.5, 0.6) is 0 Å². The largest absolute Gasteiger partial charge is 0.350 e. The van der Waals surface area contributed by atoms with Crippen molar-refractivity contribution in [1.29, 1.82) is 0 Å². The van der Waals surface area contributed by atoms with E-state index >= 15 is 0 Å². The maximum atomic E-state index is 13.9. The lowest BCUT2D eigenvalue weighted by molar-refractivity contribution is -0.384. The van der Waals surface area contributed by atoms with Crippen LogP contribution in [0, 0.1) is 15.9 Å². The van der Waals surface area contributed by atoms with Gasteiger partial charge >= 0.3 is 0 Å². The number of aromatic nitrogens is 1. The fraction of sp³-hybridized carbons (Fsp3) is 0.156. The Morgan fingerprint density at radius 2 is 1.59 bits per heavy atom. The topological polar surface area (TPSA) is 77.2 Å². The number of nitrogens with zero attached hydrogens (tertiary/aromatic N) is 2. The van der Waals surface area contributed by atoms with E-state index in [1.54, 1.807) is 24.3 Å². The van der Waals surface area contributed by atoms with Crippen LogP contribution in [0.25, 0.3) is 10.9 Å². The summed E-state index contributed by atoms with van der Waals surface area (Å²) in [5.41, 5.74) is 4.39. The first-order chi connectivity index (χ1) is 18.9. The molecule has 0 fully saturated rings. The number of hydrogen-bond acceptors (Lipinski definition) is 3. The van der Waals surface area contributed by atoms with Gasteiger partial charge in [0, 0.05) is 48.1 Å². The highest BCUT2D eigenvalue weighted by Crippen LogP contribution is 2.37. The molecule has 0 spiro atoms. The fourth-order valence-electron chi connectivity index (χ4n) is 5.03. The minimum Gasteiger partial charge on any atom is -0.350 e. The van der Waals surface area contributed by atoms with Crippen molar-refractivity contribution in [3.8, 4) is 0 Å². The van der Waals surface area contributed by atoms with Crippen LogP contribution < -0.4 is 5.32 Å². The maximum absolute atomic E-state index is 13.9. The molecule has 1 N–H and O–H groups in total. The molecule has 0 unspecified atom stereocenters. The molecule has 4 aromatic carbocycles. The summed E-state index contributed by atoms with van der Waals surface area (Å²) < 4.78 is 15.9. The predicted octanol–water partition coefficient (Wildman–Crippen LogP) is 7.14. The van der Waals surface area contributed by atoms with Crippen LogP contribution >= 0.6 is 0 Å². The Morgan fingerprint density at radius 1 is 0.923 bits per heavy atom. The fourth-order valence-corrected chi connectivity index (χ4v) is 5.03. The number of halogens is 1. The SMILES string of the molecule is C[C@H](NC(=O)C[C@@H](c1ccc(F)cc1)c1cn(Cc2ccccc2)c2ccc([N+](=O)[O-])cc12)c1ccccc1. The average molecular weight is 522 g/mol. The first kappa shape index (κ1) is 25.9. The highest BCUT2D eigenvalue weighted by Gasteiger charge is 2.25. The van der Waals surface area contributed by atoms with Gasteiger partial charge in [-0.3, -0.25) is 14.9 Å². The van der Waals surface area contributed by atoms with Gasteiger partial charge in [-0.15, -0.1) is 0 Å². The normalized spacial score (nSPS) is 12.7. The van der Waals surface area contributed by atoms with Gasteiger partial charge in [-0.05, 0) is 47.4 Å². The number of nitro groups is 1. The van der Waals surface area contributed by atoms with E-state index in [0.717, 1.165) is 27.8 Å². The maximum Gasteiger partial charge on any atom is 0.270 e. The number of non-ortho nitro benzene ring substituents is 1. The summed E-state index contributed by atoms with van der Waals surface area (Å²) in [7, 11) is 0. The molecule has 0 saturated heterocycles. The molecule has 0 aliphatic carbocycles. The van der Waals surface area contributed by atoms with E-state index < -0.39 is 10.8 Å². The highest BCUT2D eigenvalue weighted by molar-refractivity contribution is 5.88. The summed E-state index contributed by atoms with van der Waals surface area (Å²) in [6.45, 7) is 2.48. The van der Waals surface area contributed by atoms with Gasteiger partial charge in [0.2, 0.25) is 5.91 Å². The van der Waals surface area contributed by atoms with Gasteiger partial charge in [0.05, 0.1) is 11.0 Å². The third-order valence-corrected chi connectivity index (χ3v) is 7.02. The van der Waals surface area contributed by atoms with Crippen molar-refractivity contribution in [2.75, 3.05) is 0 Å². The molecule has 6 nitrogen and oxygen atoms in total. The molecular formula is C32H28FN3O3. The second-order valence-corrected chi connectivity index (χ2v) is 9.66. The lowest BCUT2D eigenvalue weighted by atomic mass is 9.87.